The van der Waals surface area contributed by atoms with Gasteiger partial charge in [-0.1, -0.05) is 13.8 Å². The molecular formula is C10H21N3O2. The van der Waals surface area contributed by atoms with Gasteiger partial charge in [-0.25, -0.2) is 0 Å². The molecule has 0 aliphatic heterocycles. The summed E-state index contributed by atoms with van der Waals surface area (Å²) in [5.41, 5.74) is 5.71. The molecule has 5 nitrogen and oxygen atoms in total. The van der Waals surface area contributed by atoms with E-state index in [-0.39, 0.29) is 18.4 Å². The summed E-state index contributed by atoms with van der Waals surface area (Å²) in [4.78, 5) is 24.0. The van der Waals surface area contributed by atoms with Gasteiger partial charge in [0.2, 0.25) is 11.8 Å². The summed E-state index contributed by atoms with van der Waals surface area (Å²) < 4.78 is 0. The van der Waals surface area contributed by atoms with E-state index in [1.807, 2.05) is 13.8 Å². The fourth-order valence-corrected chi connectivity index (χ4v) is 1.26. The van der Waals surface area contributed by atoms with Crippen LogP contribution in [-0.2, 0) is 9.59 Å². The van der Waals surface area contributed by atoms with E-state index in [4.69, 9.17) is 5.73 Å². The average molecular weight is 215 g/mol. The van der Waals surface area contributed by atoms with Gasteiger partial charge in [-0.15, -0.1) is 0 Å². The molecule has 1 atom stereocenters. The Morgan fingerprint density at radius 2 is 1.93 bits per heavy atom. The van der Waals surface area contributed by atoms with Gasteiger partial charge in [-0.05, 0) is 12.3 Å². The van der Waals surface area contributed by atoms with Crippen molar-refractivity contribution in [2.24, 2.45) is 11.7 Å². The van der Waals surface area contributed by atoms with Crippen LogP contribution in [-0.4, -0.2) is 43.4 Å². The molecular weight excluding hydrogens is 194 g/mol. The van der Waals surface area contributed by atoms with Crippen molar-refractivity contribution >= 4 is 11.8 Å². The van der Waals surface area contributed by atoms with Crippen molar-refractivity contribution in [1.82, 2.24) is 10.2 Å². The lowest BCUT2D eigenvalue weighted by Crippen LogP contribution is -2.45. The second-order valence-electron chi connectivity index (χ2n) is 4.10. The van der Waals surface area contributed by atoms with E-state index in [1.165, 1.54) is 11.9 Å². The molecule has 0 radical (unpaired) electrons. The molecule has 2 amide bonds. The number of nitrogens with one attached hydrogen (secondary N) is 1. The number of carbonyl (C=O) groups is 2. The highest BCUT2D eigenvalue weighted by Crippen LogP contribution is 2.04. The summed E-state index contributed by atoms with van der Waals surface area (Å²) >= 11 is 0. The molecule has 0 fully saturated rings. The molecule has 0 aromatic heterocycles. The van der Waals surface area contributed by atoms with Gasteiger partial charge in [0.15, 0.2) is 0 Å². The van der Waals surface area contributed by atoms with Gasteiger partial charge < -0.3 is 16.0 Å². The summed E-state index contributed by atoms with van der Waals surface area (Å²) in [6, 6.07) is -0.514. The Morgan fingerprint density at radius 3 is 2.33 bits per heavy atom. The first kappa shape index (κ1) is 13.9. The van der Waals surface area contributed by atoms with Gasteiger partial charge in [0.25, 0.3) is 0 Å². The first-order valence-electron chi connectivity index (χ1n) is 5.09. The van der Waals surface area contributed by atoms with Gasteiger partial charge >= 0.3 is 0 Å². The van der Waals surface area contributed by atoms with Crippen molar-refractivity contribution in [2.75, 3.05) is 20.6 Å². The molecule has 0 aromatic carbocycles. The zero-order chi connectivity index (χ0) is 12.0. The molecule has 88 valence electrons. The monoisotopic (exact) mass is 215 g/mol. The molecule has 3 N–H and O–H groups in total. The third-order valence-electron chi connectivity index (χ3n) is 2.08. The standard InChI is InChI=1S/C10H21N3O2/c1-7(2)5-8(11)10(15)13(4)6-9(14)12-3/h7-8H,5-6,11H2,1-4H3,(H,12,14)/t8-/m1/s1. The minimum Gasteiger partial charge on any atom is -0.358 e. The van der Waals surface area contributed by atoms with Crippen LogP contribution < -0.4 is 11.1 Å². The first-order valence-corrected chi connectivity index (χ1v) is 5.09. The molecule has 0 heterocycles. The minimum absolute atomic E-state index is 0.0567. The number of amides is 2. The topological polar surface area (TPSA) is 75.4 Å². The van der Waals surface area contributed by atoms with E-state index in [0.29, 0.717) is 12.3 Å². The van der Waals surface area contributed by atoms with E-state index in [2.05, 4.69) is 5.32 Å². The van der Waals surface area contributed by atoms with Gasteiger partial charge in [-0.2, -0.15) is 0 Å². The summed E-state index contributed by atoms with van der Waals surface area (Å²) in [6.07, 6.45) is 0.636. The van der Waals surface area contributed by atoms with Crippen LogP contribution in [0.25, 0.3) is 0 Å². The van der Waals surface area contributed by atoms with Crippen LogP contribution >= 0.6 is 0 Å². The molecule has 0 aromatic rings. The molecule has 0 saturated carbocycles. The van der Waals surface area contributed by atoms with Crippen molar-refractivity contribution < 1.29 is 9.59 Å². The highest BCUT2D eigenvalue weighted by molar-refractivity contribution is 5.87. The maximum atomic E-state index is 11.7. The van der Waals surface area contributed by atoms with Crippen molar-refractivity contribution in [3.63, 3.8) is 0 Å². The van der Waals surface area contributed by atoms with E-state index in [1.54, 1.807) is 7.05 Å². The molecule has 0 rings (SSSR count). The van der Waals surface area contributed by atoms with E-state index < -0.39 is 6.04 Å². The quantitative estimate of drug-likeness (QED) is 0.653. The molecule has 0 saturated heterocycles. The molecule has 0 spiro atoms. The Morgan fingerprint density at radius 1 is 1.40 bits per heavy atom. The summed E-state index contributed by atoms with van der Waals surface area (Å²) in [5, 5.41) is 2.46. The fraction of sp³-hybridized carbons (Fsp3) is 0.800. The summed E-state index contributed by atoms with van der Waals surface area (Å²) in [7, 11) is 3.12. The van der Waals surface area contributed by atoms with Gasteiger partial charge in [-0.3, -0.25) is 9.59 Å². The summed E-state index contributed by atoms with van der Waals surface area (Å²) in [6.45, 7) is 4.07. The zero-order valence-electron chi connectivity index (χ0n) is 9.91. The lowest BCUT2D eigenvalue weighted by Gasteiger charge is -2.21. The van der Waals surface area contributed by atoms with Gasteiger partial charge in [0.05, 0.1) is 12.6 Å². The van der Waals surface area contributed by atoms with Crippen LogP contribution in [0.3, 0.4) is 0 Å². The highest BCUT2D eigenvalue weighted by atomic mass is 16.2. The molecule has 0 aliphatic rings. The van der Waals surface area contributed by atoms with E-state index in [0.717, 1.165) is 0 Å². The van der Waals surface area contributed by atoms with Gasteiger partial charge in [0, 0.05) is 14.1 Å². The van der Waals surface area contributed by atoms with Crippen LogP contribution in [0.2, 0.25) is 0 Å². The third-order valence-corrected chi connectivity index (χ3v) is 2.08. The van der Waals surface area contributed by atoms with Crippen LogP contribution in [0.15, 0.2) is 0 Å². The second-order valence-corrected chi connectivity index (χ2v) is 4.10. The number of hydrogen-bond donors (Lipinski definition) is 2. The molecule has 0 aliphatic carbocycles. The smallest absolute Gasteiger partial charge is 0.239 e. The van der Waals surface area contributed by atoms with Crippen molar-refractivity contribution in [2.45, 2.75) is 26.3 Å². The number of rotatable bonds is 5. The van der Waals surface area contributed by atoms with Crippen molar-refractivity contribution in [1.29, 1.82) is 0 Å². The Hall–Kier alpha value is -1.10. The SMILES string of the molecule is CNC(=O)CN(C)C(=O)[C@H](N)CC(C)C. The predicted octanol–water partition coefficient (Wildman–Crippen LogP) is -0.436. The summed E-state index contributed by atoms with van der Waals surface area (Å²) in [5.74, 6) is -0.00718. The van der Waals surface area contributed by atoms with Crippen LogP contribution in [0, 0.1) is 5.92 Å². The van der Waals surface area contributed by atoms with Crippen LogP contribution in [0.5, 0.6) is 0 Å². The minimum atomic E-state index is -0.514. The Balaban J connectivity index is 4.13. The van der Waals surface area contributed by atoms with Gasteiger partial charge in [0.1, 0.15) is 0 Å². The fourth-order valence-electron chi connectivity index (χ4n) is 1.26. The molecule has 5 heteroatoms. The van der Waals surface area contributed by atoms with Crippen molar-refractivity contribution in [3.05, 3.63) is 0 Å². The highest BCUT2D eigenvalue weighted by Gasteiger charge is 2.20. The number of hydrogen-bond acceptors (Lipinski definition) is 3. The van der Waals surface area contributed by atoms with E-state index >= 15 is 0 Å². The lowest BCUT2D eigenvalue weighted by atomic mass is 10.0. The van der Waals surface area contributed by atoms with E-state index in [9.17, 15) is 9.59 Å². The number of nitrogens with zero attached hydrogens (tertiary/aromatic N) is 1. The van der Waals surface area contributed by atoms with Crippen LogP contribution in [0.1, 0.15) is 20.3 Å². The average Bonchev–Trinajstić information content (AvgIpc) is 2.15. The molecule has 0 unspecified atom stereocenters. The second kappa shape index (κ2) is 6.40. The zero-order valence-corrected chi connectivity index (χ0v) is 9.91. The Kier molecular flexibility index (Phi) is 5.93. The maximum Gasteiger partial charge on any atom is 0.239 e. The third kappa shape index (κ3) is 5.37. The van der Waals surface area contributed by atoms with Crippen molar-refractivity contribution in [3.8, 4) is 0 Å². The first-order chi connectivity index (χ1) is 6.88. The largest absolute Gasteiger partial charge is 0.358 e. The normalized spacial score (nSPS) is 12.4. The number of nitrogens with two attached hydrogens (primary N) is 1. The molecule has 15 heavy (non-hydrogen) atoms. The number of likely N-dealkylation sites (N-methyl/N-ethyl adjacent to an activating group) is 2. The maximum absolute atomic E-state index is 11.7. The predicted molar refractivity (Wildman–Crippen MR) is 59.1 cm³/mol. The van der Waals surface area contributed by atoms with Crippen LogP contribution in [0.4, 0.5) is 0 Å². The Bertz CT molecular complexity index is 229. The molecule has 0 bridgehead atoms. The number of carbonyl (C=O) groups excluding carboxylic acids is 2. The lowest BCUT2D eigenvalue weighted by molar-refractivity contribution is -0.135. The Labute approximate surface area is 91.0 Å².